The molecule has 0 fully saturated rings. The molecule has 7 heteroatoms. The van der Waals surface area contributed by atoms with Crippen LogP contribution in [0.1, 0.15) is 12.7 Å². The zero-order valence-electron chi connectivity index (χ0n) is 10.2. The Morgan fingerprint density at radius 3 is 3.05 bits per heavy atom. The Hall–Kier alpha value is -2.28. The zero-order chi connectivity index (χ0) is 13.1. The van der Waals surface area contributed by atoms with Gasteiger partial charge in [-0.05, 0) is 12.1 Å². The molecule has 6 nitrogen and oxygen atoms in total. The third kappa shape index (κ3) is 2.60. The lowest BCUT2D eigenvalue weighted by Gasteiger charge is -2.04. The molecule has 0 aliphatic heterocycles. The van der Waals surface area contributed by atoms with Crippen molar-refractivity contribution >= 4 is 11.5 Å². The molecule has 0 N–H and O–H groups in total. The first-order valence-electron chi connectivity index (χ1n) is 5.82. The molecule has 0 atom stereocenters. The smallest absolute Gasteiger partial charge is 0.298 e. The molecule has 0 aliphatic rings. The van der Waals surface area contributed by atoms with Crippen molar-refractivity contribution in [3.63, 3.8) is 0 Å². The van der Waals surface area contributed by atoms with Gasteiger partial charge in [-0.3, -0.25) is 0 Å². The number of rotatable bonds is 4. The summed E-state index contributed by atoms with van der Waals surface area (Å²) in [5.74, 6) is 1.50. The standard InChI is InChI=1S/C12H11N5OS/c1-2-11-14-12(19-15-11)18-10-5-3-4-9(8-10)17-7-6-13-16-17/h3-8H,2H2,1H3. The zero-order valence-corrected chi connectivity index (χ0v) is 11.0. The Morgan fingerprint density at radius 2 is 2.32 bits per heavy atom. The van der Waals surface area contributed by atoms with Gasteiger partial charge in [0.15, 0.2) is 0 Å². The third-order valence-electron chi connectivity index (χ3n) is 2.48. The van der Waals surface area contributed by atoms with Gasteiger partial charge in [-0.1, -0.05) is 18.2 Å². The number of benzene rings is 1. The van der Waals surface area contributed by atoms with Crippen molar-refractivity contribution in [1.82, 2.24) is 24.4 Å². The lowest BCUT2D eigenvalue weighted by atomic mass is 10.3. The van der Waals surface area contributed by atoms with Gasteiger partial charge < -0.3 is 4.74 Å². The van der Waals surface area contributed by atoms with Gasteiger partial charge in [0.1, 0.15) is 11.6 Å². The van der Waals surface area contributed by atoms with Gasteiger partial charge in [0.2, 0.25) is 0 Å². The van der Waals surface area contributed by atoms with Crippen LogP contribution >= 0.6 is 11.5 Å². The molecule has 0 amide bonds. The quantitative estimate of drug-likeness (QED) is 0.730. The van der Waals surface area contributed by atoms with E-state index in [1.165, 1.54) is 11.5 Å². The molecule has 0 saturated carbocycles. The molecule has 0 bridgehead atoms. The molecule has 0 unspecified atom stereocenters. The SMILES string of the molecule is CCc1nsc(Oc2cccc(-n3ccnn3)c2)n1. The first-order chi connectivity index (χ1) is 9.35. The number of hydrogen-bond donors (Lipinski definition) is 0. The maximum Gasteiger partial charge on any atom is 0.298 e. The molecule has 2 heterocycles. The minimum Gasteiger partial charge on any atom is -0.430 e. The Kier molecular flexibility index (Phi) is 3.20. The lowest BCUT2D eigenvalue weighted by molar-refractivity contribution is 0.476. The number of aromatic nitrogens is 5. The molecule has 0 radical (unpaired) electrons. The van der Waals surface area contributed by atoms with E-state index in [1.54, 1.807) is 17.1 Å². The third-order valence-corrected chi connectivity index (χ3v) is 3.11. The second-order valence-electron chi connectivity index (χ2n) is 3.78. The van der Waals surface area contributed by atoms with Crippen molar-refractivity contribution in [1.29, 1.82) is 0 Å². The first kappa shape index (κ1) is 11.8. The van der Waals surface area contributed by atoms with Crippen molar-refractivity contribution in [2.45, 2.75) is 13.3 Å². The van der Waals surface area contributed by atoms with Crippen LogP contribution in [0.4, 0.5) is 0 Å². The van der Waals surface area contributed by atoms with Gasteiger partial charge in [-0.15, -0.1) is 5.10 Å². The summed E-state index contributed by atoms with van der Waals surface area (Å²) >= 11 is 1.25. The van der Waals surface area contributed by atoms with E-state index in [4.69, 9.17) is 4.74 Å². The number of ether oxygens (including phenoxy) is 1. The molecule has 1 aromatic carbocycles. The molecule has 2 aromatic heterocycles. The summed E-state index contributed by atoms with van der Waals surface area (Å²) < 4.78 is 11.5. The molecule has 0 aliphatic carbocycles. The Balaban J connectivity index is 1.83. The summed E-state index contributed by atoms with van der Waals surface area (Å²) in [6.45, 7) is 2.01. The molecule has 3 aromatic rings. The van der Waals surface area contributed by atoms with Crippen LogP contribution in [-0.4, -0.2) is 24.4 Å². The largest absolute Gasteiger partial charge is 0.430 e. The van der Waals surface area contributed by atoms with Crippen LogP contribution in [0.3, 0.4) is 0 Å². The van der Waals surface area contributed by atoms with Gasteiger partial charge in [-0.25, -0.2) is 4.68 Å². The highest BCUT2D eigenvalue weighted by atomic mass is 32.1. The number of hydrogen-bond acceptors (Lipinski definition) is 6. The highest BCUT2D eigenvalue weighted by Gasteiger charge is 2.06. The minimum atomic E-state index is 0.549. The van der Waals surface area contributed by atoms with Crippen LogP contribution in [0.2, 0.25) is 0 Å². The van der Waals surface area contributed by atoms with Crippen LogP contribution in [0.5, 0.6) is 10.9 Å². The average molecular weight is 273 g/mol. The summed E-state index contributed by atoms with van der Waals surface area (Å²) in [7, 11) is 0. The van der Waals surface area contributed by atoms with E-state index in [-0.39, 0.29) is 0 Å². The highest BCUT2D eigenvalue weighted by Crippen LogP contribution is 2.24. The van der Waals surface area contributed by atoms with E-state index in [2.05, 4.69) is 19.7 Å². The lowest BCUT2D eigenvalue weighted by Crippen LogP contribution is -1.95. The summed E-state index contributed by atoms with van der Waals surface area (Å²) in [4.78, 5) is 4.27. The molecule has 0 saturated heterocycles. The summed E-state index contributed by atoms with van der Waals surface area (Å²) in [5, 5.41) is 8.26. The van der Waals surface area contributed by atoms with Gasteiger partial charge in [0.05, 0.1) is 18.1 Å². The van der Waals surface area contributed by atoms with Crippen molar-refractivity contribution < 1.29 is 4.74 Å². The number of aryl methyl sites for hydroxylation is 1. The Morgan fingerprint density at radius 1 is 1.37 bits per heavy atom. The molecular formula is C12H11N5OS. The van der Waals surface area contributed by atoms with Crippen molar-refractivity contribution in [2.24, 2.45) is 0 Å². The summed E-state index contributed by atoms with van der Waals surface area (Å²) in [6, 6.07) is 7.57. The first-order valence-corrected chi connectivity index (χ1v) is 6.59. The number of nitrogens with zero attached hydrogens (tertiary/aromatic N) is 5. The minimum absolute atomic E-state index is 0.549. The van der Waals surface area contributed by atoms with Gasteiger partial charge in [0.25, 0.3) is 5.19 Å². The van der Waals surface area contributed by atoms with Gasteiger partial charge >= 0.3 is 0 Å². The fourth-order valence-corrected chi connectivity index (χ4v) is 2.19. The highest BCUT2D eigenvalue weighted by molar-refractivity contribution is 7.07. The van der Waals surface area contributed by atoms with E-state index in [0.717, 1.165) is 17.9 Å². The van der Waals surface area contributed by atoms with E-state index in [1.807, 2.05) is 31.2 Å². The van der Waals surface area contributed by atoms with Crippen molar-refractivity contribution in [3.05, 3.63) is 42.5 Å². The predicted octanol–water partition coefficient (Wildman–Crippen LogP) is 2.47. The second-order valence-corrected chi connectivity index (χ2v) is 4.49. The summed E-state index contributed by atoms with van der Waals surface area (Å²) in [6.07, 6.45) is 4.21. The fourth-order valence-electron chi connectivity index (χ4n) is 1.56. The van der Waals surface area contributed by atoms with Gasteiger partial charge in [-0.2, -0.15) is 9.36 Å². The maximum absolute atomic E-state index is 5.68. The molecule has 0 spiro atoms. The van der Waals surface area contributed by atoms with E-state index in [0.29, 0.717) is 10.9 Å². The summed E-state index contributed by atoms with van der Waals surface area (Å²) in [5.41, 5.74) is 0.884. The molecular weight excluding hydrogens is 262 g/mol. The average Bonchev–Trinajstić information content (AvgIpc) is 3.10. The normalized spacial score (nSPS) is 10.6. The topological polar surface area (TPSA) is 65.7 Å². The maximum atomic E-state index is 5.68. The van der Waals surface area contributed by atoms with E-state index < -0.39 is 0 Å². The van der Waals surface area contributed by atoms with Crippen molar-refractivity contribution in [3.8, 4) is 16.6 Å². The van der Waals surface area contributed by atoms with Crippen LogP contribution in [-0.2, 0) is 6.42 Å². The monoisotopic (exact) mass is 273 g/mol. The van der Waals surface area contributed by atoms with Gasteiger partial charge in [0, 0.05) is 24.0 Å². The van der Waals surface area contributed by atoms with E-state index in [9.17, 15) is 0 Å². The molecule has 19 heavy (non-hydrogen) atoms. The predicted molar refractivity (Wildman–Crippen MR) is 70.7 cm³/mol. The van der Waals surface area contributed by atoms with Crippen LogP contribution in [0.15, 0.2) is 36.7 Å². The molecule has 96 valence electrons. The van der Waals surface area contributed by atoms with Crippen LogP contribution < -0.4 is 4.74 Å². The van der Waals surface area contributed by atoms with E-state index >= 15 is 0 Å². The Bertz CT molecular complexity index is 664. The van der Waals surface area contributed by atoms with Crippen LogP contribution in [0.25, 0.3) is 5.69 Å². The second kappa shape index (κ2) is 5.15. The fraction of sp³-hybridized carbons (Fsp3) is 0.167. The molecule has 3 rings (SSSR count). The van der Waals surface area contributed by atoms with Crippen molar-refractivity contribution in [2.75, 3.05) is 0 Å². The van der Waals surface area contributed by atoms with Crippen LogP contribution in [0, 0.1) is 0 Å². The Labute approximate surface area is 113 Å².